The Kier molecular flexibility index (Phi) is 4.83. The van der Waals surface area contributed by atoms with Crippen LogP contribution in [0.25, 0.3) is 0 Å². The first kappa shape index (κ1) is 17.0. The number of aromatic nitrogens is 3. The molecule has 138 valence electrons. The summed E-state index contributed by atoms with van der Waals surface area (Å²) in [5.41, 5.74) is 0.593. The largest absolute Gasteiger partial charge is 0.378 e. The number of anilines is 1. The fourth-order valence-electron chi connectivity index (χ4n) is 3.13. The topological polar surface area (TPSA) is 84.6 Å². The Hall–Kier alpha value is -2.48. The first-order valence-electron chi connectivity index (χ1n) is 9.07. The van der Waals surface area contributed by atoms with Crippen LogP contribution in [-0.4, -0.2) is 59.3 Å². The minimum Gasteiger partial charge on any atom is -0.378 e. The summed E-state index contributed by atoms with van der Waals surface area (Å²) >= 11 is 0. The van der Waals surface area contributed by atoms with Crippen LogP contribution in [-0.2, 0) is 11.3 Å². The van der Waals surface area contributed by atoms with Crippen LogP contribution in [0, 0.1) is 0 Å². The summed E-state index contributed by atoms with van der Waals surface area (Å²) in [5, 5.41) is 4.06. The standard InChI is InChI=1S/C18H23N5O3/c1-22(12-15-20-17(26-21-15)13-3-2-4-13)16-6-5-14(11-19-16)18(24)23-7-9-25-10-8-23/h5-6,11,13H,2-4,7-10,12H2,1H3. The third-order valence-electron chi connectivity index (χ3n) is 5.00. The summed E-state index contributed by atoms with van der Waals surface area (Å²) in [6.07, 6.45) is 5.14. The van der Waals surface area contributed by atoms with E-state index in [9.17, 15) is 4.79 Å². The van der Waals surface area contributed by atoms with Crippen LogP contribution in [0.4, 0.5) is 5.82 Å². The minimum absolute atomic E-state index is 0.00156. The number of nitrogens with zero attached hydrogens (tertiary/aromatic N) is 5. The van der Waals surface area contributed by atoms with Crippen molar-refractivity contribution in [1.82, 2.24) is 20.0 Å². The van der Waals surface area contributed by atoms with Crippen LogP contribution >= 0.6 is 0 Å². The van der Waals surface area contributed by atoms with Gasteiger partial charge in [0.15, 0.2) is 5.82 Å². The number of carbonyl (C=O) groups is 1. The van der Waals surface area contributed by atoms with Gasteiger partial charge in [0.1, 0.15) is 5.82 Å². The van der Waals surface area contributed by atoms with E-state index in [2.05, 4.69) is 15.1 Å². The second-order valence-corrected chi connectivity index (χ2v) is 6.84. The molecule has 2 aliphatic rings. The van der Waals surface area contributed by atoms with Gasteiger partial charge in [0, 0.05) is 32.3 Å². The average molecular weight is 357 g/mol. The Morgan fingerprint density at radius 3 is 2.77 bits per heavy atom. The number of hydrogen-bond acceptors (Lipinski definition) is 7. The molecule has 8 heteroatoms. The molecule has 1 saturated carbocycles. The van der Waals surface area contributed by atoms with Gasteiger partial charge in [-0.3, -0.25) is 4.79 Å². The zero-order chi connectivity index (χ0) is 17.9. The molecular weight excluding hydrogens is 334 g/mol. The maximum atomic E-state index is 12.5. The molecule has 1 aliphatic carbocycles. The Bertz CT molecular complexity index is 750. The van der Waals surface area contributed by atoms with Crippen molar-refractivity contribution in [2.24, 2.45) is 0 Å². The summed E-state index contributed by atoms with van der Waals surface area (Å²) in [5.74, 6) is 2.60. The fourth-order valence-corrected chi connectivity index (χ4v) is 3.13. The lowest BCUT2D eigenvalue weighted by Gasteiger charge is -2.26. The van der Waals surface area contributed by atoms with Crippen molar-refractivity contribution in [2.75, 3.05) is 38.3 Å². The van der Waals surface area contributed by atoms with Gasteiger partial charge in [0.25, 0.3) is 5.91 Å². The average Bonchev–Trinajstić information content (AvgIpc) is 3.08. The molecule has 8 nitrogen and oxygen atoms in total. The third kappa shape index (κ3) is 3.55. The highest BCUT2D eigenvalue weighted by Crippen LogP contribution is 2.35. The van der Waals surface area contributed by atoms with E-state index in [4.69, 9.17) is 9.26 Å². The van der Waals surface area contributed by atoms with Crippen molar-refractivity contribution >= 4 is 11.7 Å². The van der Waals surface area contributed by atoms with E-state index >= 15 is 0 Å². The summed E-state index contributed by atoms with van der Waals surface area (Å²) in [6.45, 7) is 2.95. The third-order valence-corrected chi connectivity index (χ3v) is 5.00. The van der Waals surface area contributed by atoms with Crippen molar-refractivity contribution in [1.29, 1.82) is 0 Å². The van der Waals surface area contributed by atoms with Gasteiger partial charge in [-0.1, -0.05) is 11.6 Å². The first-order chi connectivity index (χ1) is 12.7. The van der Waals surface area contributed by atoms with Gasteiger partial charge in [0.2, 0.25) is 5.89 Å². The Balaban J connectivity index is 1.37. The summed E-state index contributed by atoms with van der Waals surface area (Å²) < 4.78 is 10.6. The van der Waals surface area contributed by atoms with Gasteiger partial charge in [-0.2, -0.15) is 4.98 Å². The number of amides is 1. The van der Waals surface area contributed by atoms with E-state index in [1.54, 1.807) is 11.1 Å². The van der Waals surface area contributed by atoms with Gasteiger partial charge >= 0.3 is 0 Å². The van der Waals surface area contributed by atoms with Gasteiger partial charge in [0.05, 0.1) is 25.3 Å². The molecule has 2 aromatic heterocycles. The highest BCUT2D eigenvalue weighted by atomic mass is 16.5. The summed E-state index contributed by atoms with van der Waals surface area (Å²) in [7, 11) is 1.92. The minimum atomic E-state index is -0.00156. The van der Waals surface area contributed by atoms with Gasteiger partial charge in [-0.05, 0) is 25.0 Å². The molecule has 2 aromatic rings. The Labute approximate surface area is 152 Å². The van der Waals surface area contributed by atoms with Crippen molar-refractivity contribution in [3.63, 3.8) is 0 Å². The molecule has 1 saturated heterocycles. The first-order valence-corrected chi connectivity index (χ1v) is 9.07. The second-order valence-electron chi connectivity index (χ2n) is 6.84. The van der Waals surface area contributed by atoms with Crippen molar-refractivity contribution in [2.45, 2.75) is 31.7 Å². The lowest BCUT2D eigenvalue weighted by Crippen LogP contribution is -2.40. The number of pyridine rings is 1. The molecule has 0 unspecified atom stereocenters. The maximum Gasteiger partial charge on any atom is 0.255 e. The number of ether oxygens (including phenoxy) is 1. The van der Waals surface area contributed by atoms with Crippen LogP contribution in [0.15, 0.2) is 22.9 Å². The van der Waals surface area contributed by atoms with Gasteiger partial charge in [-0.25, -0.2) is 4.98 Å². The summed E-state index contributed by atoms with van der Waals surface area (Å²) in [6, 6.07) is 3.66. The smallest absolute Gasteiger partial charge is 0.255 e. The second kappa shape index (κ2) is 7.41. The Morgan fingerprint density at radius 2 is 2.12 bits per heavy atom. The molecule has 0 aromatic carbocycles. The lowest BCUT2D eigenvalue weighted by molar-refractivity contribution is 0.0302. The van der Waals surface area contributed by atoms with E-state index < -0.39 is 0 Å². The number of carbonyl (C=O) groups excluding carboxylic acids is 1. The van der Waals surface area contributed by atoms with Crippen LogP contribution in [0.3, 0.4) is 0 Å². The zero-order valence-electron chi connectivity index (χ0n) is 14.9. The normalized spacial score (nSPS) is 17.8. The number of morpholine rings is 1. The molecule has 0 N–H and O–H groups in total. The molecule has 0 atom stereocenters. The van der Waals surface area contributed by atoms with E-state index in [0.717, 1.165) is 24.6 Å². The van der Waals surface area contributed by atoms with Crippen molar-refractivity contribution < 1.29 is 14.1 Å². The van der Waals surface area contributed by atoms with Crippen LogP contribution in [0.1, 0.15) is 47.3 Å². The van der Waals surface area contributed by atoms with Gasteiger partial charge in [-0.15, -0.1) is 0 Å². The van der Waals surface area contributed by atoms with E-state index in [1.165, 1.54) is 6.42 Å². The highest BCUT2D eigenvalue weighted by Gasteiger charge is 2.25. The molecular formula is C18H23N5O3. The lowest BCUT2D eigenvalue weighted by atomic mass is 9.85. The number of rotatable bonds is 5. The zero-order valence-corrected chi connectivity index (χ0v) is 14.9. The molecule has 4 rings (SSSR count). The number of hydrogen-bond donors (Lipinski definition) is 0. The highest BCUT2D eigenvalue weighted by molar-refractivity contribution is 5.94. The van der Waals surface area contributed by atoms with Crippen LogP contribution in [0.5, 0.6) is 0 Å². The SMILES string of the molecule is CN(Cc1noc(C2CCC2)n1)c1ccc(C(=O)N2CCOCC2)cn1. The molecule has 1 amide bonds. The molecule has 2 fully saturated rings. The molecule has 26 heavy (non-hydrogen) atoms. The molecule has 3 heterocycles. The van der Waals surface area contributed by atoms with Crippen LogP contribution in [0.2, 0.25) is 0 Å². The van der Waals surface area contributed by atoms with Crippen molar-refractivity contribution in [3.05, 3.63) is 35.6 Å². The molecule has 0 spiro atoms. The molecule has 1 aliphatic heterocycles. The predicted octanol–water partition coefficient (Wildman–Crippen LogP) is 1.84. The quantitative estimate of drug-likeness (QED) is 0.807. The maximum absolute atomic E-state index is 12.5. The van der Waals surface area contributed by atoms with E-state index in [-0.39, 0.29) is 5.91 Å². The van der Waals surface area contributed by atoms with Gasteiger partial charge < -0.3 is 19.1 Å². The summed E-state index contributed by atoms with van der Waals surface area (Å²) in [4.78, 5) is 25.1. The fraction of sp³-hybridized carbons (Fsp3) is 0.556. The van der Waals surface area contributed by atoms with Crippen LogP contribution < -0.4 is 4.90 Å². The van der Waals surface area contributed by atoms with Crippen molar-refractivity contribution in [3.8, 4) is 0 Å². The monoisotopic (exact) mass is 357 g/mol. The van der Waals surface area contributed by atoms with E-state index in [1.807, 2.05) is 24.1 Å². The molecule has 0 radical (unpaired) electrons. The Morgan fingerprint density at radius 1 is 1.31 bits per heavy atom. The molecule has 0 bridgehead atoms. The predicted molar refractivity (Wildman–Crippen MR) is 94.0 cm³/mol. The van der Waals surface area contributed by atoms with E-state index in [0.29, 0.717) is 50.2 Å².